The lowest BCUT2D eigenvalue weighted by atomic mass is 10.2. The van der Waals surface area contributed by atoms with Crippen LogP contribution in [-0.4, -0.2) is 18.3 Å². The maximum atomic E-state index is 8.46. The first-order valence-corrected chi connectivity index (χ1v) is 3.48. The summed E-state index contributed by atoms with van der Waals surface area (Å²) in [6, 6.07) is 7.43. The Labute approximate surface area is 66.4 Å². The number of benzene rings is 1. The van der Waals surface area contributed by atoms with E-state index in [-0.39, 0.29) is 6.61 Å². The van der Waals surface area contributed by atoms with Gasteiger partial charge in [0.1, 0.15) is 12.4 Å². The highest BCUT2D eigenvalue weighted by molar-refractivity contribution is 5.29. The third-order valence-electron chi connectivity index (χ3n) is 1.26. The molecule has 0 fully saturated rings. The molecule has 2 heteroatoms. The van der Waals surface area contributed by atoms with Crippen molar-refractivity contribution >= 4 is 0 Å². The Kier molecular flexibility index (Phi) is 2.93. The minimum Gasteiger partial charge on any atom is -0.491 e. The molecule has 1 aromatic carbocycles. The van der Waals surface area contributed by atoms with Crippen LogP contribution in [0.15, 0.2) is 24.3 Å². The maximum absolute atomic E-state index is 8.46. The Bertz CT molecular complexity index is 221. The predicted octanol–water partition coefficient (Wildman–Crippen LogP) is 1.24. The molecule has 11 heavy (non-hydrogen) atoms. The van der Waals surface area contributed by atoms with E-state index in [0.29, 0.717) is 6.61 Å². The lowest BCUT2D eigenvalue weighted by Crippen LogP contribution is -2.01. The van der Waals surface area contributed by atoms with E-state index in [1.54, 1.807) is 0 Å². The van der Waals surface area contributed by atoms with Gasteiger partial charge in [-0.1, -0.05) is 12.1 Å². The molecule has 0 saturated heterocycles. The summed E-state index contributed by atoms with van der Waals surface area (Å²) in [7, 11) is 0. The second-order valence-electron chi connectivity index (χ2n) is 2.22. The first-order chi connectivity index (χ1) is 5.33. The van der Waals surface area contributed by atoms with Crippen molar-refractivity contribution in [2.75, 3.05) is 13.2 Å². The number of aliphatic hydroxyl groups excluding tert-OH is 1. The summed E-state index contributed by atoms with van der Waals surface area (Å²) >= 11 is 0. The van der Waals surface area contributed by atoms with Crippen molar-refractivity contribution in [2.45, 2.75) is 0 Å². The smallest absolute Gasteiger partial charge is 0.119 e. The van der Waals surface area contributed by atoms with Gasteiger partial charge >= 0.3 is 0 Å². The Morgan fingerprint density at radius 3 is 2.91 bits per heavy atom. The molecule has 0 bridgehead atoms. The van der Waals surface area contributed by atoms with Gasteiger partial charge in [-0.15, -0.1) is 0 Å². The molecule has 1 aromatic rings. The summed E-state index contributed by atoms with van der Waals surface area (Å²) in [5.74, 6) is 0.756. The average Bonchev–Trinajstić information content (AvgIpc) is 2.01. The van der Waals surface area contributed by atoms with Crippen LogP contribution in [0.1, 0.15) is 5.56 Å². The van der Waals surface area contributed by atoms with Crippen LogP contribution in [0.2, 0.25) is 0 Å². The molecule has 0 saturated carbocycles. The second-order valence-corrected chi connectivity index (χ2v) is 2.22. The van der Waals surface area contributed by atoms with E-state index in [1.807, 2.05) is 24.3 Å². The van der Waals surface area contributed by atoms with Gasteiger partial charge in [0.05, 0.1) is 6.61 Å². The van der Waals surface area contributed by atoms with Gasteiger partial charge in [-0.2, -0.15) is 0 Å². The van der Waals surface area contributed by atoms with Crippen LogP contribution in [-0.2, 0) is 0 Å². The molecular weight excluding hydrogens is 140 g/mol. The minimum absolute atomic E-state index is 0.0430. The molecule has 0 amide bonds. The first kappa shape index (κ1) is 8.08. The van der Waals surface area contributed by atoms with Crippen molar-refractivity contribution in [1.82, 2.24) is 0 Å². The van der Waals surface area contributed by atoms with Crippen LogP contribution in [0.3, 0.4) is 0 Å². The lowest BCUT2D eigenvalue weighted by molar-refractivity contribution is 0.201. The largest absolute Gasteiger partial charge is 0.491 e. The van der Waals surface area contributed by atoms with Crippen LogP contribution < -0.4 is 4.74 Å². The van der Waals surface area contributed by atoms with E-state index in [1.165, 1.54) is 0 Å². The fraction of sp³-hybridized carbons (Fsp3) is 0.222. The van der Waals surface area contributed by atoms with E-state index < -0.39 is 0 Å². The Balaban J connectivity index is 2.56. The SMILES string of the molecule is [CH2]c1cccc(OCCO)c1. The lowest BCUT2D eigenvalue weighted by Gasteiger charge is -2.03. The molecule has 0 aliphatic heterocycles. The normalized spacial score (nSPS) is 9.64. The van der Waals surface area contributed by atoms with Gasteiger partial charge in [-0.3, -0.25) is 0 Å². The highest BCUT2D eigenvalue weighted by atomic mass is 16.5. The number of rotatable bonds is 3. The maximum Gasteiger partial charge on any atom is 0.119 e. The van der Waals surface area contributed by atoms with Crippen molar-refractivity contribution in [2.24, 2.45) is 0 Å². The number of hydrogen-bond donors (Lipinski definition) is 1. The van der Waals surface area contributed by atoms with Crippen molar-refractivity contribution in [3.63, 3.8) is 0 Å². The third kappa shape index (κ3) is 2.60. The fourth-order valence-corrected chi connectivity index (χ4v) is 0.799. The molecule has 1 rings (SSSR count). The molecule has 0 unspecified atom stereocenters. The van der Waals surface area contributed by atoms with Crippen molar-refractivity contribution < 1.29 is 9.84 Å². The van der Waals surface area contributed by atoms with Gasteiger partial charge in [0, 0.05) is 0 Å². The molecule has 0 aromatic heterocycles. The van der Waals surface area contributed by atoms with Crippen molar-refractivity contribution in [3.05, 3.63) is 36.8 Å². The first-order valence-electron chi connectivity index (χ1n) is 3.48. The van der Waals surface area contributed by atoms with Crippen LogP contribution in [0.25, 0.3) is 0 Å². The van der Waals surface area contributed by atoms with Gasteiger partial charge in [0.2, 0.25) is 0 Å². The Hall–Kier alpha value is -1.02. The number of ether oxygens (including phenoxy) is 1. The van der Waals surface area contributed by atoms with Gasteiger partial charge < -0.3 is 9.84 Å². The van der Waals surface area contributed by atoms with Gasteiger partial charge in [0.25, 0.3) is 0 Å². The van der Waals surface area contributed by atoms with E-state index >= 15 is 0 Å². The van der Waals surface area contributed by atoms with Gasteiger partial charge in [-0.05, 0) is 24.6 Å². The minimum atomic E-state index is 0.0430. The summed E-state index contributed by atoms with van der Waals surface area (Å²) in [5.41, 5.74) is 0.917. The summed E-state index contributed by atoms with van der Waals surface area (Å²) in [4.78, 5) is 0. The molecule has 0 aliphatic carbocycles. The molecule has 59 valence electrons. The second kappa shape index (κ2) is 3.98. The zero-order valence-electron chi connectivity index (χ0n) is 6.29. The van der Waals surface area contributed by atoms with Crippen LogP contribution >= 0.6 is 0 Å². The molecule has 0 aliphatic rings. The molecule has 2 nitrogen and oxygen atoms in total. The summed E-state index contributed by atoms with van der Waals surface area (Å²) < 4.78 is 5.15. The van der Waals surface area contributed by atoms with Crippen LogP contribution in [0.4, 0.5) is 0 Å². The topological polar surface area (TPSA) is 29.5 Å². The molecular formula is C9H11O2. The monoisotopic (exact) mass is 151 g/mol. The van der Waals surface area contributed by atoms with E-state index in [4.69, 9.17) is 9.84 Å². The van der Waals surface area contributed by atoms with E-state index in [2.05, 4.69) is 6.92 Å². The predicted molar refractivity (Wildman–Crippen MR) is 43.5 cm³/mol. The summed E-state index contributed by atoms with van der Waals surface area (Å²) in [6.45, 7) is 4.13. The highest BCUT2D eigenvalue weighted by Gasteiger charge is 1.91. The Morgan fingerprint density at radius 2 is 2.27 bits per heavy atom. The number of aliphatic hydroxyl groups is 1. The zero-order valence-corrected chi connectivity index (χ0v) is 6.29. The Morgan fingerprint density at radius 1 is 1.45 bits per heavy atom. The van der Waals surface area contributed by atoms with Gasteiger partial charge in [0.15, 0.2) is 0 Å². The average molecular weight is 151 g/mol. The van der Waals surface area contributed by atoms with Crippen molar-refractivity contribution in [1.29, 1.82) is 0 Å². The number of hydrogen-bond acceptors (Lipinski definition) is 2. The van der Waals surface area contributed by atoms with E-state index in [0.717, 1.165) is 11.3 Å². The van der Waals surface area contributed by atoms with Crippen molar-refractivity contribution in [3.8, 4) is 5.75 Å². The molecule has 0 spiro atoms. The van der Waals surface area contributed by atoms with Crippen LogP contribution in [0.5, 0.6) is 5.75 Å². The standard InChI is InChI=1S/C9H11O2/c1-8-3-2-4-9(7-8)11-6-5-10/h2-4,7,10H,1,5-6H2. The molecule has 0 atom stereocenters. The summed E-state index contributed by atoms with van der Waals surface area (Å²) in [5, 5.41) is 8.46. The van der Waals surface area contributed by atoms with Crippen LogP contribution in [0, 0.1) is 6.92 Å². The zero-order chi connectivity index (χ0) is 8.10. The fourth-order valence-electron chi connectivity index (χ4n) is 0.799. The molecule has 1 N–H and O–H groups in total. The summed E-state index contributed by atoms with van der Waals surface area (Å²) in [6.07, 6.45) is 0. The highest BCUT2D eigenvalue weighted by Crippen LogP contribution is 2.11. The van der Waals surface area contributed by atoms with E-state index in [9.17, 15) is 0 Å². The third-order valence-corrected chi connectivity index (χ3v) is 1.26. The molecule has 0 heterocycles. The van der Waals surface area contributed by atoms with Gasteiger partial charge in [-0.25, -0.2) is 0 Å². The molecule has 1 radical (unpaired) electrons. The quantitative estimate of drug-likeness (QED) is 0.704.